The number of hydrogen-bond acceptors (Lipinski definition) is 5. The standard InChI is InChI=1S/C20H17F4N5O/c21-12-5-10(4-11(6-12)20(22,23)24)15-7-26-8-16(15)29-19-14-3-1-2-13(18(25)30)17(14)27-9-28-19/h1-6,9,15-16,26H,7-8H2,(H2,25,30)(H,27,28,29)/t15-,16+/m1/s1. The summed E-state index contributed by atoms with van der Waals surface area (Å²) in [4.78, 5) is 20.0. The molecule has 4 rings (SSSR count). The summed E-state index contributed by atoms with van der Waals surface area (Å²) in [6, 6.07) is 7.12. The van der Waals surface area contributed by atoms with Crippen molar-refractivity contribution in [3.8, 4) is 0 Å². The molecule has 2 heterocycles. The number of halogens is 4. The van der Waals surface area contributed by atoms with E-state index in [9.17, 15) is 22.4 Å². The number of carbonyl (C=O) groups excluding carboxylic acids is 1. The molecular weight excluding hydrogens is 402 g/mol. The molecule has 10 heteroatoms. The maximum atomic E-state index is 13.9. The molecule has 30 heavy (non-hydrogen) atoms. The number of hydrogen-bond donors (Lipinski definition) is 3. The normalized spacial score (nSPS) is 19.2. The zero-order valence-electron chi connectivity index (χ0n) is 15.5. The van der Waals surface area contributed by atoms with Crippen molar-refractivity contribution in [1.82, 2.24) is 15.3 Å². The third-order valence-electron chi connectivity index (χ3n) is 5.14. The van der Waals surface area contributed by atoms with E-state index in [4.69, 9.17) is 5.73 Å². The summed E-state index contributed by atoms with van der Waals surface area (Å²) in [5.74, 6) is -1.59. The van der Waals surface area contributed by atoms with E-state index >= 15 is 0 Å². The van der Waals surface area contributed by atoms with Crippen LogP contribution >= 0.6 is 0 Å². The SMILES string of the molecule is NC(=O)c1cccc2c(N[C@H]3CNC[C@@H]3c3cc(F)cc(C(F)(F)F)c3)ncnc12. The predicted molar refractivity (Wildman–Crippen MR) is 102 cm³/mol. The van der Waals surface area contributed by atoms with Crippen molar-refractivity contribution in [2.75, 3.05) is 18.4 Å². The van der Waals surface area contributed by atoms with Crippen molar-refractivity contribution in [1.29, 1.82) is 0 Å². The topological polar surface area (TPSA) is 92.9 Å². The Kier molecular flexibility index (Phi) is 5.02. The van der Waals surface area contributed by atoms with Gasteiger partial charge in [-0.05, 0) is 35.9 Å². The fraction of sp³-hybridized carbons (Fsp3) is 0.250. The van der Waals surface area contributed by atoms with E-state index in [1.165, 1.54) is 6.33 Å². The highest BCUT2D eigenvalue weighted by Gasteiger charge is 2.35. The third-order valence-corrected chi connectivity index (χ3v) is 5.14. The van der Waals surface area contributed by atoms with E-state index in [0.717, 1.165) is 12.1 Å². The summed E-state index contributed by atoms with van der Waals surface area (Å²) in [6.45, 7) is 0.803. The number of primary amides is 1. The number of alkyl halides is 3. The number of anilines is 1. The molecule has 0 bridgehead atoms. The second kappa shape index (κ2) is 7.52. The Balaban J connectivity index is 1.69. The lowest BCUT2D eigenvalue weighted by molar-refractivity contribution is -0.137. The van der Waals surface area contributed by atoms with Gasteiger partial charge in [-0.25, -0.2) is 14.4 Å². The van der Waals surface area contributed by atoms with E-state index < -0.39 is 29.4 Å². The van der Waals surface area contributed by atoms with Crippen molar-refractivity contribution < 1.29 is 22.4 Å². The van der Waals surface area contributed by atoms with Gasteiger partial charge in [-0.3, -0.25) is 4.79 Å². The van der Waals surface area contributed by atoms with Gasteiger partial charge in [0.15, 0.2) is 0 Å². The first-order chi connectivity index (χ1) is 14.2. The van der Waals surface area contributed by atoms with Gasteiger partial charge in [-0.15, -0.1) is 0 Å². The fourth-order valence-electron chi connectivity index (χ4n) is 3.75. The molecule has 1 saturated heterocycles. The van der Waals surface area contributed by atoms with E-state index in [2.05, 4.69) is 20.6 Å². The van der Waals surface area contributed by atoms with Gasteiger partial charge in [0.05, 0.1) is 16.6 Å². The third kappa shape index (κ3) is 3.78. The zero-order chi connectivity index (χ0) is 21.5. The first kappa shape index (κ1) is 20.0. The highest BCUT2D eigenvalue weighted by molar-refractivity contribution is 6.06. The van der Waals surface area contributed by atoms with Crippen molar-refractivity contribution >= 4 is 22.6 Å². The van der Waals surface area contributed by atoms with E-state index in [-0.39, 0.29) is 17.2 Å². The van der Waals surface area contributed by atoms with Crippen LogP contribution in [0.3, 0.4) is 0 Å². The van der Waals surface area contributed by atoms with E-state index in [1.54, 1.807) is 18.2 Å². The largest absolute Gasteiger partial charge is 0.416 e. The first-order valence-electron chi connectivity index (χ1n) is 9.12. The molecule has 4 N–H and O–H groups in total. The van der Waals surface area contributed by atoms with Crippen molar-refractivity contribution in [3.63, 3.8) is 0 Å². The predicted octanol–water partition coefficient (Wildman–Crippen LogP) is 3.05. The average Bonchev–Trinajstić information content (AvgIpc) is 3.15. The second-order valence-corrected chi connectivity index (χ2v) is 7.07. The maximum absolute atomic E-state index is 13.9. The summed E-state index contributed by atoms with van der Waals surface area (Å²) in [6.07, 6.45) is -3.36. The fourth-order valence-corrected chi connectivity index (χ4v) is 3.75. The minimum absolute atomic E-state index is 0.235. The van der Waals surface area contributed by atoms with Gasteiger partial charge in [-0.1, -0.05) is 6.07 Å². The number of nitrogens with one attached hydrogen (secondary N) is 2. The van der Waals surface area contributed by atoms with Gasteiger partial charge in [0, 0.05) is 30.4 Å². The first-order valence-corrected chi connectivity index (χ1v) is 9.12. The molecule has 2 aromatic carbocycles. The Morgan fingerprint density at radius 3 is 2.70 bits per heavy atom. The summed E-state index contributed by atoms with van der Waals surface area (Å²) >= 11 is 0. The number of nitrogens with two attached hydrogens (primary N) is 1. The Bertz CT molecular complexity index is 1120. The van der Waals surface area contributed by atoms with Gasteiger partial charge in [0.25, 0.3) is 5.91 Å². The molecule has 6 nitrogen and oxygen atoms in total. The molecule has 2 atom stereocenters. The summed E-state index contributed by atoms with van der Waals surface area (Å²) in [5.41, 5.74) is 5.21. The van der Waals surface area contributed by atoms with Crippen LogP contribution in [0.1, 0.15) is 27.4 Å². The number of benzene rings is 2. The van der Waals surface area contributed by atoms with Crippen LogP contribution in [0.25, 0.3) is 10.9 Å². The molecule has 1 aromatic heterocycles. The summed E-state index contributed by atoms with van der Waals surface area (Å²) < 4.78 is 53.2. The van der Waals surface area contributed by atoms with Gasteiger partial charge >= 0.3 is 6.18 Å². The number of aromatic nitrogens is 2. The van der Waals surface area contributed by atoms with Crippen molar-refractivity contribution in [2.24, 2.45) is 5.73 Å². The quantitative estimate of drug-likeness (QED) is 0.566. The van der Waals surface area contributed by atoms with Crippen LogP contribution in [0.15, 0.2) is 42.7 Å². The zero-order valence-corrected chi connectivity index (χ0v) is 15.5. The number of amides is 1. The summed E-state index contributed by atoms with van der Waals surface area (Å²) in [5, 5.41) is 6.87. The molecule has 1 fully saturated rings. The second-order valence-electron chi connectivity index (χ2n) is 7.07. The monoisotopic (exact) mass is 419 g/mol. The van der Waals surface area contributed by atoms with E-state index in [1.807, 2.05) is 0 Å². The highest BCUT2D eigenvalue weighted by Crippen LogP contribution is 2.34. The molecular formula is C20H17F4N5O. The maximum Gasteiger partial charge on any atom is 0.416 e. The lowest BCUT2D eigenvalue weighted by atomic mass is 9.92. The van der Waals surface area contributed by atoms with Crippen LogP contribution in [0.4, 0.5) is 23.4 Å². The number of para-hydroxylation sites is 1. The van der Waals surface area contributed by atoms with Crippen LogP contribution in [0, 0.1) is 5.82 Å². The van der Waals surface area contributed by atoms with Crippen LogP contribution in [-0.2, 0) is 6.18 Å². The Labute approximate surface area is 168 Å². The molecule has 0 unspecified atom stereocenters. The van der Waals surface area contributed by atoms with Gasteiger partial charge < -0.3 is 16.4 Å². The summed E-state index contributed by atoms with van der Waals surface area (Å²) in [7, 11) is 0. The minimum atomic E-state index is -4.64. The van der Waals surface area contributed by atoms with Crippen molar-refractivity contribution in [2.45, 2.75) is 18.1 Å². The molecule has 0 saturated carbocycles. The lowest BCUT2D eigenvalue weighted by Crippen LogP contribution is -2.28. The highest BCUT2D eigenvalue weighted by atomic mass is 19.4. The van der Waals surface area contributed by atoms with Crippen LogP contribution in [0.2, 0.25) is 0 Å². The Hall–Kier alpha value is -3.27. The lowest BCUT2D eigenvalue weighted by Gasteiger charge is -2.22. The smallest absolute Gasteiger partial charge is 0.366 e. The molecule has 3 aromatic rings. The van der Waals surface area contributed by atoms with Crippen LogP contribution < -0.4 is 16.4 Å². The van der Waals surface area contributed by atoms with Gasteiger partial charge in [0.2, 0.25) is 0 Å². The molecule has 0 radical (unpaired) electrons. The molecule has 0 aliphatic carbocycles. The Morgan fingerprint density at radius 1 is 1.17 bits per heavy atom. The number of carbonyl (C=O) groups is 1. The van der Waals surface area contributed by atoms with Gasteiger partial charge in [0.1, 0.15) is 18.0 Å². The van der Waals surface area contributed by atoms with Crippen molar-refractivity contribution in [3.05, 3.63) is 65.2 Å². The van der Waals surface area contributed by atoms with Crippen LogP contribution in [0.5, 0.6) is 0 Å². The number of rotatable bonds is 4. The van der Waals surface area contributed by atoms with Crippen LogP contribution in [-0.4, -0.2) is 35.0 Å². The molecule has 156 valence electrons. The molecule has 1 amide bonds. The minimum Gasteiger partial charge on any atom is -0.366 e. The molecule has 0 spiro atoms. The number of nitrogens with zero attached hydrogens (tertiary/aromatic N) is 2. The average molecular weight is 419 g/mol. The van der Waals surface area contributed by atoms with Gasteiger partial charge in [-0.2, -0.15) is 13.2 Å². The van der Waals surface area contributed by atoms with E-state index in [0.29, 0.717) is 35.9 Å². The molecule has 1 aliphatic rings. The Morgan fingerprint density at radius 2 is 1.97 bits per heavy atom. The molecule has 1 aliphatic heterocycles. The number of fused-ring (bicyclic) bond motifs is 1.